The summed E-state index contributed by atoms with van der Waals surface area (Å²) in [5, 5.41) is 0. The van der Waals surface area contributed by atoms with E-state index in [9.17, 15) is 4.79 Å². The second-order valence-corrected chi connectivity index (χ2v) is 6.81. The summed E-state index contributed by atoms with van der Waals surface area (Å²) >= 11 is 0. The Morgan fingerprint density at radius 2 is 2.12 bits per heavy atom. The van der Waals surface area contributed by atoms with E-state index >= 15 is 0 Å². The highest BCUT2D eigenvalue weighted by molar-refractivity contribution is 5.95. The fourth-order valence-corrected chi connectivity index (χ4v) is 3.15. The van der Waals surface area contributed by atoms with Crippen molar-refractivity contribution < 1.29 is 4.79 Å². The van der Waals surface area contributed by atoms with Crippen molar-refractivity contribution in [2.45, 2.75) is 32.6 Å². The Kier molecular flexibility index (Phi) is 5.43. The first-order valence-electron chi connectivity index (χ1n) is 8.94. The van der Waals surface area contributed by atoms with Crippen LogP contribution in [0.2, 0.25) is 0 Å². The lowest BCUT2D eigenvalue weighted by Crippen LogP contribution is -2.31. The van der Waals surface area contributed by atoms with Gasteiger partial charge in [-0.25, -0.2) is 9.97 Å². The number of carbonyl (C=O) groups excluding carboxylic acids is 1. The van der Waals surface area contributed by atoms with E-state index in [0.717, 1.165) is 48.7 Å². The molecule has 5 heteroatoms. The van der Waals surface area contributed by atoms with Crippen LogP contribution in [0.5, 0.6) is 0 Å². The molecule has 0 saturated carbocycles. The van der Waals surface area contributed by atoms with Gasteiger partial charge in [-0.2, -0.15) is 0 Å². The van der Waals surface area contributed by atoms with Crippen LogP contribution >= 0.6 is 0 Å². The molecule has 0 atom stereocenters. The maximum Gasteiger partial charge on any atom is 0.228 e. The van der Waals surface area contributed by atoms with Crippen LogP contribution in [0.4, 0.5) is 5.69 Å². The minimum Gasteiger partial charge on any atom is -0.312 e. The van der Waals surface area contributed by atoms with Gasteiger partial charge >= 0.3 is 0 Å². The zero-order chi connectivity index (χ0) is 17.8. The van der Waals surface area contributed by atoms with Crippen LogP contribution in [0.25, 0.3) is 0 Å². The van der Waals surface area contributed by atoms with Crippen LogP contribution in [-0.2, 0) is 24.1 Å². The number of hydrogen-bond acceptors (Lipinski definition) is 4. The predicted molar refractivity (Wildman–Crippen MR) is 99.9 cm³/mol. The summed E-state index contributed by atoms with van der Waals surface area (Å²) in [4.78, 5) is 25.5. The zero-order valence-corrected chi connectivity index (χ0v) is 15.3. The third kappa shape index (κ3) is 4.23. The Morgan fingerprint density at radius 3 is 2.88 bits per heavy atom. The monoisotopic (exact) mass is 338 g/mol. The molecule has 25 heavy (non-hydrogen) atoms. The topological polar surface area (TPSA) is 49.3 Å². The number of hydrogen-bond donors (Lipinski definition) is 0. The Bertz CT molecular complexity index is 757. The lowest BCUT2D eigenvalue weighted by molar-refractivity contribution is -0.118. The highest BCUT2D eigenvalue weighted by Crippen LogP contribution is 2.30. The third-order valence-electron chi connectivity index (χ3n) is 4.61. The van der Waals surface area contributed by atoms with Crippen LogP contribution < -0.4 is 4.90 Å². The summed E-state index contributed by atoms with van der Waals surface area (Å²) in [6, 6.07) is 8.37. The van der Waals surface area contributed by atoms with Crippen molar-refractivity contribution in [1.29, 1.82) is 0 Å². The first kappa shape index (κ1) is 17.5. The second-order valence-electron chi connectivity index (χ2n) is 6.81. The van der Waals surface area contributed by atoms with Crippen molar-refractivity contribution >= 4 is 11.6 Å². The largest absolute Gasteiger partial charge is 0.312 e. The fourth-order valence-electron chi connectivity index (χ4n) is 3.15. The molecule has 0 fully saturated rings. The van der Waals surface area contributed by atoms with Crippen LogP contribution in [0.3, 0.4) is 0 Å². The van der Waals surface area contributed by atoms with Crippen molar-refractivity contribution in [2.75, 3.05) is 32.1 Å². The van der Waals surface area contributed by atoms with Crippen molar-refractivity contribution in [3.8, 4) is 0 Å². The van der Waals surface area contributed by atoms with Crippen molar-refractivity contribution in [1.82, 2.24) is 14.9 Å². The van der Waals surface area contributed by atoms with Gasteiger partial charge in [0.05, 0.1) is 0 Å². The minimum absolute atomic E-state index is 0.203. The van der Waals surface area contributed by atoms with E-state index < -0.39 is 0 Å². The molecule has 1 amide bonds. The smallest absolute Gasteiger partial charge is 0.228 e. The number of anilines is 1. The molecule has 5 nitrogen and oxygen atoms in total. The standard InChI is InChI=1S/C20H26N4O/c1-4-17-7-10-21-19(22-17)14-15-5-6-16-8-12-24(18(16)13-15)20(25)9-11-23(2)3/h5-7,10,13H,4,8-9,11-12,14H2,1-3H3. The van der Waals surface area contributed by atoms with Gasteiger partial charge in [0.1, 0.15) is 5.82 Å². The van der Waals surface area contributed by atoms with Gasteiger partial charge in [-0.3, -0.25) is 4.79 Å². The molecule has 3 rings (SSSR count). The molecule has 2 heterocycles. The number of fused-ring (bicyclic) bond motifs is 1. The second kappa shape index (κ2) is 7.74. The van der Waals surface area contributed by atoms with E-state index in [2.05, 4.69) is 35.1 Å². The number of amides is 1. The van der Waals surface area contributed by atoms with Crippen LogP contribution in [-0.4, -0.2) is 48.0 Å². The van der Waals surface area contributed by atoms with E-state index in [1.165, 1.54) is 5.56 Å². The average Bonchev–Trinajstić information content (AvgIpc) is 3.03. The van der Waals surface area contributed by atoms with Crippen LogP contribution in [0.1, 0.15) is 36.0 Å². The summed E-state index contributed by atoms with van der Waals surface area (Å²) in [6.45, 7) is 3.66. The van der Waals surface area contributed by atoms with E-state index in [4.69, 9.17) is 0 Å². The van der Waals surface area contributed by atoms with E-state index in [-0.39, 0.29) is 5.91 Å². The number of carbonyl (C=O) groups is 1. The van der Waals surface area contributed by atoms with Crippen molar-refractivity contribution in [3.63, 3.8) is 0 Å². The molecule has 1 aromatic heterocycles. The molecule has 1 aliphatic rings. The van der Waals surface area contributed by atoms with Crippen LogP contribution in [0, 0.1) is 0 Å². The van der Waals surface area contributed by atoms with Crippen molar-refractivity contribution in [3.05, 3.63) is 53.1 Å². The number of rotatable bonds is 6. The van der Waals surface area contributed by atoms with Gasteiger partial charge in [0.25, 0.3) is 0 Å². The molecule has 0 aliphatic carbocycles. The molecule has 132 valence electrons. The first-order valence-corrected chi connectivity index (χ1v) is 8.94. The first-order chi connectivity index (χ1) is 12.1. The molecule has 0 spiro atoms. The summed E-state index contributed by atoms with van der Waals surface area (Å²) in [5.41, 5.74) is 4.53. The normalized spacial score (nSPS) is 13.4. The molecule has 0 N–H and O–H groups in total. The molecular weight excluding hydrogens is 312 g/mol. The lowest BCUT2D eigenvalue weighted by atomic mass is 10.1. The van der Waals surface area contributed by atoms with Crippen LogP contribution in [0.15, 0.2) is 30.5 Å². The zero-order valence-electron chi connectivity index (χ0n) is 15.3. The van der Waals surface area contributed by atoms with Gasteiger partial charge in [-0.15, -0.1) is 0 Å². The van der Waals surface area contributed by atoms with E-state index in [0.29, 0.717) is 12.8 Å². The number of aromatic nitrogens is 2. The van der Waals surface area contributed by atoms with Gasteiger partial charge in [0, 0.05) is 43.5 Å². The van der Waals surface area contributed by atoms with E-state index in [1.54, 1.807) is 0 Å². The maximum atomic E-state index is 12.5. The molecule has 0 unspecified atom stereocenters. The average molecular weight is 338 g/mol. The van der Waals surface area contributed by atoms with E-state index in [1.807, 2.05) is 36.2 Å². The fraction of sp³-hybridized carbons (Fsp3) is 0.450. The molecule has 0 saturated heterocycles. The molecule has 0 bridgehead atoms. The summed E-state index contributed by atoms with van der Waals surface area (Å²) in [6.07, 6.45) is 4.92. The summed E-state index contributed by atoms with van der Waals surface area (Å²) < 4.78 is 0. The highest BCUT2D eigenvalue weighted by atomic mass is 16.2. The number of aryl methyl sites for hydroxylation is 1. The van der Waals surface area contributed by atoms with Gasteiger partial charge in [-0.1, -0.05) is 19.1 Å². The quantitative estimate of drug-likeness (QED) is 0.812. The third-order valence-corrected chi connectivity index (χ3v) is 4.61. The molecule has 1 aliphatic heterocycles. The Labute approximate surface area is 149 Å². The van der Waals surface area contributed by atoms with Gasteiger partial charge in [-0.05, 0) is 50.2 Å². The number of benzene rings is 1. The Hall–Kier alpha value is -2.27. The summed E-state index contributed by atoms with van der Waals surface area (Å²) in [7, 11) is 3.99. The summed E-state index contributed by atoms with van der Waals surface area (Å²) in [5.74, 6) is 1.04. The van der Waals surface area contributed by atoms with Gasteiger partial charge in [0.15, 0.2) is 0 Å². The Balaban J connectivity index is 1.76. The molecule has 2 aromatic rings. The highest BCUT2D eigenvalue weighted by Gasteiger charge is 2.24. The molecule has 1 aromatic carbocycles. The lowest BCUT2D eigenvalue weighted by Gasteiger charge is -2.19. The predicted octanol–water partition coefficient (Wildman–Crippen LogP) is 2.47. The van der Waals surface area contributed by atoms with Gasteiger partial charge in [0.2, 0.25) is 5.91 Å². The maximum absolute atomic E-state index is 12.5. The molecule has 0 radical (unpaired) electrons. The number of nitrogens with zero attached hydrogens (tertiary/aromatic N) is 4. The van der Waals surface area contributed by atoms with Gasteiger partial charge < -0.3 is 9.80 Å². The Morgan fingerprint density at radius 1 is 1.28 bits per heavy atom. The SMILES string of the molecule is CCc1ccnc(Cc2ccc3c(c2)N(C(=O)CCN(C)C)CC3)n1. The van der Waals surface area contributed by atoms with Crippen molar-refractivity contribution in [2.24, 2.45) is 0 Å². The minimum atomic E-state index is 0.203. The molecular formula is C20H26N4O.